The van der Waals surface area contributed by atoms with Gasteiger partial charge in [-0.05, 0) is 32.9 Å². The van der Waals surface area contributed by atoms with Gasteiger partial charge in [-0.25, -0.2) is 0 Å². The van der Waals surface area contributed by atoms with E-state index in [0.717, 1.165) is 0 Å². The van der Waals surface area contributed by atoms with E-state index < -0.39 is 0 Å². The molecular weight excluding hydrogens is 146 g/mol. The van der Waals surface area contributed by atoms with Crippen molar-refractivity contribution >= 4 is 0 Å². The highest BCUT2D eigenvalue weighted by Gasteiger charge is 2.26. The van der Waals surface area contributed by atoms with Crippen molar-refractivity contribution in [3.63, 3.8) is 0 Å². The molecule has 0 saturated heterocycles. The summed E-state index contributed by atoms with van der Waals surface area (Å²) >= 11 is 0. The molecule has 0 saturated carbocycles. The van der Waals surface area contributed by atoms with Crippen LogP contribution in [-0.4, -0.2) is 25.0 Å². The maximum atomic E-state index is 2.37. The van der Waals surface area contributed by atoms with E-state index in [9.17, 15) is 0 Å². The zero-order valence-electron chi connectivity index (χ0n) is 9.65. The molecule has 0 aliphatic rings. The minimum atomic E-state index is 0.458. The van der Waals surface area contributed by atoms with Gasteiger partial charge in [-0.1, -0.05) is 33.6 Å². The van der Waals surface area contributed by atoms with Crippen molar-refractivity contribution in [2.24, 2.45) is 5.41 Å². The Kier molecular flexibility index (Phi) is 4.84. The third-order valence-electron chi connectivity index (χ3n) is 3.08. The molecule has 0 aliphatic carbocycles. The maximum Gasteiger partial charge on any atom is 0.0112 e. The number of unbranched alkanes of at least 4 members (excludes halogenated alkanes) is 1. The molecule has 1 nitrogen and oxygen atoms in total. The van der Waals surface area contributed by atoms with Gasteiger partial charge in [0.25, 0.3) is 0 Å². The minimum absolute atomic E-state index is 0.458. The minimum Gasteiger partial charge on any atom is -0.306 e. The van der Waals surface area contributed by atoms with E-state index in [1.165, 1.54) is 19.3 Å². The Morgan fingerprint density at radius 1 is 1.25 bits per heavy atom. The molecule has 0 aliphatic heterocycles. The second kappa shape index (κ2) is 4.86. The Hall–Kier alpha value is -0.0400. The van der Waals surface area contributed by atoms with Crippen LogP contribution in [0.15, 0.2) is 0 Å². The fourth-order valence-corrected chi connectivity index (χ4v) is 1.54. The van der Waals surface area contributed by atoms with E-state index in [4.69, 9.17) is 0 Å². The zero-order chi connectivity index (χ0) is 9.78. The van der Waals surface area contributed by atoms with Crippen molar-refractivity contribution in [2.45, 2.75) is 53.0 Å². The van der Waals surface area contributed by atoms with Crippen LogP contribution in [-0.2, 0) is 0 Å². The van der Waals surface area contributed by atoms with Crippen molar-refractivity contribution in [3.05, 3.63) is 0 Å². The average molecular weight is 171 g/mol. The standard InChI is InChI=1S/C11H25N/c1-7-8-9-11(3,4)10(2)12(5)6/h10H,7-9H2,1-6H3. The SMILES string of the molecule is CCCCC(C)(C)C(C)N(C)C. The van der Waals surface area contributed by atoms with Crippen LogP contribution in [0.5, 0.6) is 0 Å². The van der Waals surface area contributed by atoms with Crippen molar-refractivity contribution < 1.29 is 0 Å². The summed E-state index contributed by atoms with van der Waals surface area (Å²) in [6.07, 6.45) is 4.00. The first-order valence-corrected chi connectivity index (χ1v) is 5.08. The van der Waals surface area contributed by atoms with Crippen molar-refractivity contribution in [3.8, 4) is 0 Å². The van der Waals surface area contributed by atoms with E-state index in [1.54, 1.807) is 0 Å². The summed E-state index contributed by atoms with van der Waals surface area (Å²) in [7, 11) is 4.33. The highest BCUT2D eigenvalue weighted by Crippen LogP contribution is 2.29. The van der Waals surface area contributed by atoms with Gasteiger partial charge in [0, 0.05) is 6.04 Å². The molecule has 0 aromatic rings. The molecule has 0 heterocycles. The van der Waals surface area contributed by atoms with Crippen LogP contribution in [0, 0.1) is 5.41 Å². The largest absolute Gasteiger partial charge is 0.306 e. The lowest BCUT2D eigenvalue weighted by atomic mass is 9.80. The molecule has 1 unspecified atom stereocenters. The van der Waals surface area contributed by atoms with E-state index >= 15 is 0 Å². The summed E-state index contributed by atoms with van der Waals surface area (Å²) in [6.45, 7) is 9.31. The number of hydrogen-bond donors (Lipinski definition) is 0. The topological polar surface area (TPSA) is 3.24 Å². The van der Waals surface area contributed by atoms with E-state index in [1.807, 2.05) is 0 Å². The third kappa shape index (κ3) is 3.57. The van der Waals surface area contributed by atoms with Crippen LogP contribution in [0.3, 0.4) is 0 Å². The summed E-state index contributed by atoms with van der Waals surface area (Å²) in [5.74, 6) is 0. The van der Waals surface area contributed by atoms with Crippen LogP contribution in [0.2, 0.25) is 0 Å². The lowest BCUT2D eigenvalue weighted by Crippen LogP contribution is -2.38. The average Bonchev–Trinajstić information content (AvgIpc) is 1.99. The number of rotatable bonds is 5. The van der Waals surface area contributed by atoms with Gasteiger partial charge in [0.05, 0.1) is 0 Å². The summed E-state index contributed by atoms with van der Waals surface area (Å²) in [5.41, 5.74) is 0.458. The summed E-state index contributed by atoms with van der Waals surface area (Å²) in [6, 6.07) is 0.670. The van der Waals surface area contributed by atoms with Gasteiger partial charge < -0.3 is 4.90 Å². The van der Waals surface area contributed by atoms with Crippen molar-refractivity contribution in [1.29, 1.82) is 0 Å². The van der Waals surface area contributed by atoms with E-state index in [2.05, 4.69) is 46.7 Å². The molecule has 0 bridgehead atoms. The Balaban J connectivity index is 3.99. The molecule has 0 fully saturated rings. The number of nitrogens with zero attached hydrogens (tertiary/aromatic N) is 1. The third-order valence-corrected chi connectivity index (χ3v) is 3.08. The molecule has 0 spiro atoms. The molecule has 0 rings (SSSR count). The molecule has 74 valence electrons. The van der Waals surface area contributed by atoms with Gasteiger partial charge in [0.1, 0.15) is 0 Å². The molecule has 0 N–H and O–H groups in total. The number of hydrogen-bond acceptors (Lipinski definition) is 1. The summed E-state index contributed by atoms with van der Waals surface area (Å²) < 4.78 is 0. The van der Waals surface area contributed by atoms with Crippen LogP contribution in [0.25, 0.3) is 0 Å². The maximum absolute atomic E-state index is 2.37. The van der Waals surface area contributed by atoms with Gasteiger partial charge in [0.15, 0.2) is 0 Å². The first-order valence-electron chi connectivity index (χ1n) is 5.08. The fourth-order valence-electron chi connectivity index (χ4n) is 1.54. The predicted octanol–water partition coefficient (Wildman–Crippen LogP) is 3.15. The summed E-state index contributed by atoms with van der Waals surface area (Å²) in [5, 5.41) is 0. The smallest absolute Gasteiger partial charge is 0.0112 e. The first kappa shape index (κ1) is 12.0. The van der Waals surface area contributed by atoms with Gasteiger partial charge in [0.2, 0.25) is 0 Å². The molecule has 1 heteroatoms. The van der Waals surface area contributed by atoms with Crippen molar-refractivity contribution in [2.75, 3.05) is 14.1 Å². The Labute approximate surface area is 78.1 Å². The molecule has 0 aromatic heterocycles. The zero-order valence-corrected chi connectivity index (χ0v) is 9.65. The fraction of sp³-hybridized carbons (Fsp3) is 1.00. The highest BCUT2D eigenvalue weighted by molar-refractivity contribution is 4.80. The normalized spacial score (nSPS) is 15.2. The van der Waals surface area contributed by atoms with E-state index in [0.29, 0.717) is 11.5 Å². The molecular formula is C11H25N. The monoisotopic (exact) mass is 171 g/mol. The first-order chi connectivity index (χ1) is 5.41. The molecule has 1 atom stereocenters. The Morgan fingerprint density at radius 3 is 2.08 bits per heavy atom. The summed E-state index contributed by atoms with van der Waals surface area (Å²) in [4.78, 5) is 2.32. The predicted molar refractivity (Wildman–Crippen MR) is 56.5 cm³/mol. The lowest BCUT2D eigenvalue weighted by Gasteiger charge is -2.36. The van der Waals surface area contributed by atoms with Gasteiger partial charge in [-0.2, -0.15) is 0 Å². The Bertz CT molecular complexity index is 116. The highest BCUT2D eigenvalue weighted by atomic mass is 15.1. The van der Waals surface area contributed by atoms with Gasteiger partial charge in [-0.15, -0.1) is 0 Å². The Morgan fingerprint density at radius 2 is 1.75 bits per heavy atom. The quantitative estimate of drug-likeness (QED) is 0.614. The van der Waals surface area contributed by atoms with Gasteiger partial charge in [-0.3, -0.25) is 0 Å². The van der Waals surface area contributed by atoms with E-state index in [-0.39, 0.29) is 0 Å². The molecule has 0 radical (unpaired) electrons. The lowest BCUT2D eigenvalue weighted by molar-refractivity contribution is 0.138. The van der Waals surface area contributed by atoms with Crippen LogP contribution in [0.4, 0.5) is 0 Å². The van der Waals surface area contributed by atoms with Crippen LogP contribution in [0.1, 0.15) is 47.0 Å². The molecule has 0 aromatic carbocycles. The van der Waals surface area contributed by atoms with Crippen LogP contribution >= 0.6 is 0 Å². The van der Waals surface area contributed by atoms with Crippen molar-refractivity contribution in [1.82, 2.24) is 4.90 Å². The molecule has 0 amide bonds. The van der Waals surface area contributed by atoms with Crippen LogP contribution < -0.4 is 0 Å². The van der Waals surface area contributed by atoms with Gasteiger partial charge >= 0.3 is 0 Å². The molecule has 12 heavy (non-hydrogen) atoms. The second-order valence-corrected chi connectivity index (χ2v) is 4.73. The second-order valence-electron chi connectivity index (χ2n) is 4.73.